The zero-order valence-corrected chi connectivity index (χ0v) is 48.4. The summed E-state index contributed by atoms with van der Waals surface area (Å²) in [5.74, 6) is -8.84. The van der Waals surface area contributed by atoms with Crippen LogP contribution in [0.3, 0.4) is 0 Å². The fourth-order valence-corrected chi connectivity index (χ4v) is 14.2. The summed E-state index contributed by atoms with van der Waals surface area (Å²) in [5.41, 5.74) is -0.0508. The Morgan fingerprint density at radius 1 is 0.852 bits per heavy atom. The lowest BCUT2D eigenvalue weighted by atomic mass is 9.78. The molecule has 8 aliphatic rings. The van der Waals surface area contributed by atoms with Gasteiger partial charge in [0.1, 0.15) is 30.2 Å². The second-order valence-electron chi connectivity index (χ2n) is 25.2. The minimum absolute atomic E-state index is 0.0300. The second kappa shape index (κ2) is 26.5. The van der Waals surface area contributed by atoms with Gasteiger partial charge >= 0.3 is 11.9 Å². The summed E-state index contributed by atoms with van der Waals surface area (Å²) in [6, 6.07) is 0. The maximum atomic E-state index is 14.4. The van der Waals surface area contributed by atoms with Crippen LogP contribution in [0.2, 0.25) is 0 Å². The number of Topliss-reactive ketones (excluding diaryl/α,β-unsaturated/α-hetero) is 1. The average molecular weight is 1150 g/mol. The molecule has 456 valence electrons. The van der Waals surface area contributed by atoms with Crippen molar-refractivity contribution in [2.24, 2.45) is 23.7 Å². The smallest absolute Gasteiger partial charge is 0.308 e. The highest BCUT2D eigenvalue weighted by atomic mass is 16.7. The molecule has 0 aliphatic carbocycles. The third kappa shape index (κ3) is 15.6. The summed E-state index contributed by atoms with van der Waals surface area (Å²) in [4.78, 5) is 41.2. The number of hydrogen-bond acceptors (Lipinski definition) is 20. The van der Waals surface area contributed by atoms with E-state index in [0.29, 0.717) is 44.1 Å². The lowest BCUT2D eigenvalue weighted by Gasteiger charge is -2.51. The number of ether oxygens (including phenoxy) is 10. The van der Waals surface area contributed by atoms with E-state index >= 15 is 0 Å². The Morgan fingerprint density at radius 3 is 2.28 bits per heavy atom. The van der Waals surface area contributed by atoms with Gasteiger partial charge < -0.3 is 83.1 Å². The Labute approximate surface area is 476 Å². The molecule has 8 aliphatic heterocycles. The monoisotopic (exact) mass is 1140 g/mol. The number of aliphatic hydroxyl groups excluding tert-OH is 5. The van der Waals surface area contributed by atoms with E-state index in [9.17, 15) is 50.1 Å². The first-order valence-corrected chi connectivity index (χ1v) is 29.5. The molecule has 0 saturated carbocycles. The molecule has 8 heterocycles. The summed E-state index contributed by atoms with van der Waals surface area (Å²) in [6.45, 7) is 18.1. The van der Waals surface area contributed by atoms with E-state index in [2.05, 4.69) is 13.2 Å². The Balaban J connectivity index is 1.10. The molecule has 20 heteroatoms. The maximum absolute atomic E-state index is 14.4. The number of methoxy groups -OCH3 is 1. The molecule has 0 aromatic heterocycles. The molecular formula is C61H92O20. The van der Waals surface area contributed by atoms with E-state index in [4.69, 9.17) is 47.4 Å². The highest BCUT2D eigenvalue weighted by Gasteiger charge is 2.58. The molecule has 0 aromatic carbocycles. The van der Waals surface area contributed by atoms with Crippen LogP contribution in [0, 0.1) is 23.7 Å². The van der Waals surface area contributed by atoms with Gasteiger partial charge in [-0.2, -0.15) is 0 Å². The first-order valence-electron chi connectivity index (χ1n) is 29.5. The minimum atomic E-state index is -2.37. The van der Waals surface area contributed by atoms with Crippen molar-refractivity contribution in [1.29, 1.82) is 0 Å². The van der Waals surface area contributed by atoms with Crippen LogP contribution < -0.4 is 0 Å². The molecule has 7 N–H and O–H groups in total. The molecule has 0 radical (unpaired) electrons. The molecule has 0 amide bonds. The third-order valence-electron chi connectivity index (χ3n) is 18.2. The van der Waals surface area contributed by atoms with Crippen LogP contribution in [-0.4, -0.2) is 188 Å². The van der Waals surface area contributed by atoms with E-state index in [1.54, 1.807) is 34.0 Å². The zero-order valence-electron chi connectivity index (χ0n) is 48.4. The van der Waals surface area contributed by atoms with Crippen molar-refractivity contribution >= 4 is 17.7 Å². The number of aliphatic hydroxyl groups is 7. The molecule has 7 fully saturated rings. The maximum Gasteiger partial charge on any atom is 0.308 e. The first-order chi connectivity index (χ1) is 38.2. The number of carbonyl (C=O) groups excluding carboxylic acids is 3. The molecule has 81 heavy (non-hydrogen) atoms. The van der Waals surface area contributed by atoms with Gasteiger partial charge in [-0.1, -0.05) is 82.9 Å². The normalized spacial score (nSPS) is 47.3. The van der Waals surface area contributed by atoms with Crippen molar-refractivity contribution < 1.29 is 97.5 Å². The van der Waals surface area contributed by atoms with Crippen molar-refractivity contribution in [1.82, 2.24) is 0 Å². The number of hydrogen-bond donors (Lipinski definition) is 7. The van der Waals surface area contributed by atoms with Crippen LogP contribution in [0.25, 0.3) is 0 Å². The standard InChI is InChI=1S/C61H92O20/c1-10-11-15-40(63)18-33(2)19-51-53(68)55-37(6)56(75-51)57(69)61(71)30-49(66)35(4)50(81-61)17-14-12-13-16-42-21-41(64)26-59(77-42)28-45(72-9)22-43(78-59)24-48(65)36(5)54-34(3)39(31-73-54)20-47-27-58(8,70)32-60(80-47)29-46(74-38(7)62)23-44(79-60)25-52(67)76-55/h10-11,13,15-16,20,34-37,40-47,49-51,53-57,63-64,66,68-71H,1-2,12,14,17-19,21-32H2,3-9H3/b15-11+,16-13-,39-20-/t34-,35-,36+,37+,40-,41+,42+,43+,44-,45+,46+,47+,49+,50-,51+,53+,54+,55+,56+,57-,58+,59-,60-,61?/m0/s1. The van der Waals surface area contributed by atoms with Gasteiger partial charge in [0.15, 0.2) is 17.4 Å². The molecule has 7 saturated heterocycles. The highest BCUT2D eigenvalue weighted by molar-refractivity contribution is 5.82. The highest BCUT2D eigenvalue weighted by Crippen LogP contribution is 2.48. The Bertz CT molecular complexity index is 2300. The first kappa shape index (κ1) is 63.7. The molecule has 24 atom stereocenters. The predicted molar refractivity (Wildman–Crippen MR) is 291 cm³/mol. The van der Waals surface area contributed by atoms with E-state index < -0.39 is 157 Å². The molecular weight excluding hydrogens is 1050 g/mol. The average Bonchev–Trinajstić information content (AvgIpc) is 3.58. The van der Waals surface area contributed by atoms with E-state index in [-0.39, 0.29) is 75.8 Å². The van der Waals surface area contributed by atoms with Crippen molar-refractivity contribution in [3.63, 3.8) is 0 Å². The lowest BCUT2D eigenvalue weighted by Crippen LogP contribution is -2.65. The topological polar surface area (TPSA) is 285 Å². The van der Waals surface area contributed by atoms with Crippen LogP contribution in [0.1, 0.15) is 144 Å². The molecule has 12 bridgehead atoms. The number of allylic oxidation sites excluding steroid dienone is 3. The van der Waals surface area contributed by atoms with Gasteiger partial charge in [0, 0.05) is 102 Å². The van der Waals surface area contributed by atoms with Gasteiger partial charge in [-0.3, -0.25) is 14.4 Å². The molecule has 20 nitrogen and oxygen atoms in total. The largest absolute Gasteiger partial charge is 0.462 e. The third-order valence-corrected chi connectivity index (χ3v) is 18.2. The minimum Gasteiger partial charge on any atom is -0.462 e. The predicted octanol–water partition coefficient (Wildman–Crippen LogP) is 4.79. The van der Waals surface area contributed by atoms with Crippen LogP contribution in [-0.2, 0) is 61.8 Å². The van der Waals surface area contributed by atoms with E-state index in [1.165, 1.54) is 19.1 Å². The molecule has 0 aromatic rings. The van der Waals surface area contributed by atoms with Crippen LogP contribution in [0.15, 0.2) is 60.8 Å². The van der Waals surface area contributed by atoms with Gasteiger partial charge in [-0.05, 0) is 44.6 Å². The fourth-order valence-electron chi connectivity index (χ4n) is 14.2. The van der Waals surface area contributed by atoms with Crippen molar-refractivity contribution in [2.75, 3.05) is 13.7 Å². The Morgan fingerprint density at radius 2 is 1.56 bits per heavy atom. The number of esters is 2. The summed E-state index contributed by atoms with van der Waals surface area (Å²) in [5, 5.41) is 82.1. The van der Waals surface area contributed by atoms with Crippen LogP contribution in [0.4, 0.5) is 0 Å². The van der Waals surface area contributed by atoms with Gasteiger partial charge in [0.2, 0.25) is 0 Å². The van der Waals surface area contributed by atoms with E-state index in [1.807, 2.05) is 32.1 Å². The summed E-state index contributed by atoms with van der Waals surface area (Å²) >= 11 is 0. The Hall–Kier alpha value is -3.29. The SMILES string of the molecule is C=C/C=C/[C@H](O)CC(=C)C[C@H]1O[C@@H]2[C@H](C)[C@@H](OC(=O)C[C@@H]3C[C@@H](OC(C)=O)C[C@]4(C[C@](C)(O)C[C@@H](/C=C5/CO[C@@H]([C@H](C)C(=O)C[C@H]6C[C@@H](OC)C[C@]7(C[C@H](O)C[C@@H](/C=C\CCC[C@@H]8OC(O)(C[C@@H](O)[C@@H]8C)[C@H]2O)O7)O6)[C@H]5C)O4)O3)[C@@H]1O. The van der Waals surface area contributed by atoms with Gasteiger partial charge in [0.05, 0.1) is 91.9 Å². The Kier molecular flexibility index (Phi) is 20.9. The molecule has 8 rings (SSSR count). The molecule has 1 unspecified atom stereocenters. The zero-order chi connectivity index (χ0) is 58.8. The summed E-state index contributed by atoms with van der Waals surface area (Å²) < 4.78 is 63.9. The second-order valence-corrected chi connectivity index (χ2v) is 25.2. The van der Waals surface area contributed by atoms with Crippen LogP contribution >= 0.6 is 0 Å². The fraction of sp³-hybridized carbons (Fsp3) is 0.787. The number of rotatable bonds is 8. The van der Waals surface area contributed by atoms with Gasteiger partial charge in [-0.15, -0.1) is 0 Å². The summed E-state index contributed by atoms with van der Waals surface area (Å²) in [7, 11) is 1.61. The van der Waals surface area contributed by atoms with Crippen molar-refractivity contribution in [2.45, 2.75) is 265 Å². The summed E-state index contributed by atoms with van der Waals surface area (Å²) in [6.07, 6.45) is -2.66. The van der Waals surface area contributed by atoms with Crippen molar-refractivity contribution in [3.8, 4) is 0 Å². The quantitative estimate of drug-likeness (QED) is 0.0977. The number of carbonyl (C=O) groups is 3. The van der Waals surface area contributed by atoms with Crippen LogP contribution in [0.5, 0.6) is 0 Å². The van der Waals surface area contributed by atoms with Gasteiger partial charge in [0.25, 0.3) is 0 Å². The molecule has 2 spiro atoms. The number of fused-ring (bicyclic) bond motifs is 10. The van der Waals surface area contributed by atoms with E-state index in [0.717, 1.165) is 5.57 Å². The lowest BCUT2D eigenvalue weighted by molar-refractivity contribution is -0.350. The van der Waals surface area contributed by atoms with Crippen molar-refractivity contribution in [3.05, 3.63) is 60.8 Å². The number of ketones is 1. The van der Waals surface area contributed by atoms with Gasteiger partial charge in [-0.25, -0.2) is 0 Å².